The lowest BCUT2D eigenvalue weighted by molar-refractivity contribution is -0.119. The van der Waals surface area contributed by atoms with E-state index < -0.39 is 0 Å². The van der Waals surface area contributed by atoms with Gasteiger partial charge in [-0.25, -0.2) is 4.99 Å². The van der Waals surface area contributed by atoms with Gasteiger partial charge >= 0.3 is 0 Å². The van der Waals surface area contributed by atoms with Crippen molar-refractivity contribution in [1.82, 2.24) is 25.3 Å². The molecule has 0 aliphatic heterocycles. The van der Waals surface area contributed by atoms with Crippen LogP contribution in [0.5, 0.6) is 0 Å². The number of aliphatic imine (C=N–C) groups is 1. The maximum absolute atomic E-state index is 11.6. The van der Waals surface area contributed by atoms with Crippen molar-refractivity contribution in [3.63, 3.8) is 0 Å². The van der Waals surface area contributed by atoms with Gasteiger partial charge in [-0.05, 0) is 19.8 Å². The first kappa shape index (κ1) is 19.0. The molecule has 0 unspecified atom stereocenters. The fraction of sp³-hybridized carbons (Fsp3) is 0.688. The molecular weight excluding hydrogens is 292 g/mol. The van der Waals surface area contributed by atoms with E-state index in [0.29, 0.717) is 19.0 Å². The lowest BCUT2D eigenvalue weighted by atomic mass is 10.1. The number of hydrogen-bond acceptors (Lipinski definition) is 3. The van der Waals surface area contributed by atoms with Gasteiger partial charge in [0.05, 0.1) is 5.69 Å². The van der Waals surface area contributed by atoms with Gasteiger partial charge in [0, 0.05) is 45.5 Å². The van der Waals surface area contributed by atoms with Crippen LogP contribution >= 0.6 is 0 Å². The second-order valence-electron chi connectivity index (χ2n) is 5.85. The number of carbonyl (C=O) groups is 1. The molecule has 1 rings (SSSR count). The zero-order valence-corrected chi connectivity index (χ0v) is 15.2. The van der Waals surface area contributed by atoms with E-state index in [1.807, 2.05) is 43.7 Å². The number of aryl methyl sites for hydroxylation is 1. The first-order valence-electron chi connectivity index (χ1n) is 8.17. The van der Waals surface area contributed by atoms with Crippen LogP contribution in [0.2, 0.25) is 0 Å². The van der Waals surface area contributed by atoms with Crippen LogP contribution in [0, 0.1) is 0 Å². The monoisotopic (exact) mass is 322 g/mol. The molecule has 2 N–H and O–H groups in total. The van der Waals surface area contributed by atoms with E-state index in [2.05, 4.69) is 34.6 Å². The molecule has 0 bridgehead atoms. The van der Waals surface area contributed by atoms with Gasteiger partial charge in [0.2, 0.25) is 5.91 Å². The van der Waals surface area contributed by atoms with Crippen molar-refractivity contribution >= 4 is 11.9 Å². The van der Waals surface area contributed by atoms with E-state index in [-0.39, 0.29) is 12.5 Å². The predicted octanol–water partition coefficient (Wildman–Crippen LogP) is 1.08. The molecule has 130 valence electrons. The number of amides is 1. The minimum absolute atomic E-state index is 0.0689. The van der Waals surface area contributed by atoms with Crippen LogP contribution in [0.25, 0.3) is 0 Å². The quantitative estimate of drug-likeness (QED) is 0.582. The van der Waals surface area contributed by atoms with Crippen LogP contribution in [0.15, 0.2) is 11.2 Å². The third kappa shape index (κ3) is 5.92. The molecule has 0 spiro atoms. The Balaban J connectivity index is 2.83. The van der Waals surface area contributed by atoms with Crippen LogP contribution in [0.1, 0.15) is 44.9 Å². The molecule has 0 aliphatic carbocycles. The van der Waals surface area contributed by atoms with Crippen LogP contribution < -0.4 is 10.6 Å². The summed E-state index contributed by atoms with van der Waals surface area (Å²) < 4.78 is 1.84. The lowest BCUT2D eigenvalue weighted by Crippen LogP contribution is -2.39. The Morgan fingerprint density at radius 3 is 2.57 bits per heavy atom. The summed E-state index contributed by atoms with van der Waals surface area (Å²) in [7, 11) is 3.90. The maximum atomic E-state index is 11.6. The Morgan fingerprint density at radius 1 is 1.35 bits per heavy atom. The van der Waals surface area contributed by atoms with E-state index >= 15 is 0 Å². The molecule has 7 nitrogen and oxygen atoms in total. The summed E-state index contributed by atoms with van der Waals surface area (Å²) in [5, 5.41) is 10.5. The highest BCUT2D eigenvalue weighted by Crippen LogP contribution is 2.18. The van der Waals surface area contributed by atoms with Crippen LogP contribution in [-0.2, 0) is 18.4 Å². The molecule has 7 heteroatoms. The fourth-order valence-corrected chi connectivity index (χ4v) is 2.36. The van der Waals surface area contributed by atoms with Crippen molar-refractivity contribution in [2.75, 3.05) is 26.7 Å². The highest BCUT2D eigenvalue weighted by atomic mass is 16.1. The summed E-state index contributed by atoms with van der Waals surface area (Å²) in [6.45, 7) is 10.4. The van der Waals surface area contributed by atoms with Crippen LogP contribution in [-0.4, -0.2) is 53.2 Å². The minimum Gasteiger partial charge on any atom is -0.357 e. The van der Waals surface area contributed by atoms with Gasteiger partial charge in [-0.15, -0.1) is 0 Å². The molecule has 0 aromatic carbocycles. The smallest absolute Gasteiger partial charge is 0.241 e. The molecule has 0 atom stereocenters. The molecule has 1 aromatic heterocycles. The number of hydrogen-bond donors (Lipinski definition) is 2. The first-order valence-corrected chi connectivity index (χ1v) is 8.17. The number of guanidine groups is 1. The average molecular weight is 322 g/mol. The normalized spacial score (nSPS) is 11.7. The highest BCUT2D eigenvalue weighted by Gasteiger charge is 2.15. The van der Waals surface area contributed by atoms with Crippen molar-refractivity contribution in [3.8, 4) is 0 Å². The number of aromatic nitrogens is 2. The van der Waals surface area contributed by atoms with Gasteiger partial charge in [0.1, 0.15) is 6.54 Å². The van der Waals surface area contributed by atoms with Gasteiger partial charge in [-0.2, -0.15) is 5.10 Å². The number of nitrogens with zero attached hydrogens (tertiary/aromatic N) is 4. The Hall–Kier alpha value is -2.05. The molecule has 1 heterocycles. The minimum atomic E-state index is -0.0689. The van der Waals surface area contributed by atoms with E-state index in [0.717, 1.165) is 18.2 Å². The van der Waals surface area contributed by atoms with Crippen LogP contribution in [0.3, 0.4) is 0 Å². The summed E-state index contributed by atoms with van der Waals surface area (Å²) in [5.74, 6) is 1.02. The number of rotatable bonds is 7. The van der Waals surface area contributed by atoms with Gasteiger partial charge in [-0.3, -0.25) is 9.48 Å². The summed E-state index contributed by atoms with van der Waals surface area (Å²) in [5.41, 5.74) is 2.27. The molecule has 0 saturated carbocycles. The van der Waals surface area contributed by atoms with Crippen molar-refractivity contribution in [2.24, 2.45) is 12.0 Å². The first-order chi connectivity index (χ1) is 10.9. The topological polar surface area (TPSA) is 74.6 Å². The van der Waals surface area contributed by atoms with E-state index in [1.54, 1.807) is 0 Å². The van der Waals surface area contributed by atoms with Gasteiger partial charge in [-0.1, -0.05) is 13.8 Å². The second-order valence-corrected chi connectivity index (χ2v) is 5.85. The summed E-state index contributed by atoms with van der Waals surface area (Å²) >= 11 is 0. The predicted molar refractivity (Wildman–Crippen MR) is 93.4 cm³/mol. The Kier molecular flexibility index (Phi) is 7.57. The van der Waals surface area contributed by atoms with Gasteiger partial charge in [0.25, 0.3) is 0 Å². The Morgan fingerprint density at radius 2 is 2.00 bits per heavy atom. The fourth-order valence-electron chi connectivity index (χ4n) is 2.36. The van der Waals surface area contributed by atoms with Gasteiger partial charge < -0.3 is 15.5 Å². The standard InChI is InChI=1S/C16H30N6O/c1-7-17-14(23)9-19-16(18-8-2)21(5)10-13-11-22(6)20-15(13)12(3)4/h11-12H,7-10H2,1-6H3,(H,17,23)(H,18,19). The summed E-state index contributed by atoms with van der Waals surface area (Å²) in [6, 6.07) is 0. The third-order valence-corrected chi connectivity index (χ3v) is 3.33. The molecular formula is C16H30N6O. The van der Waals surface area contributed by atoms with Gasteiger partial charge in [0.15, 0.2) is 5.96 Å². The van der Waals surface area contributed by atoms with Crippen molar-refractivity contribution < 1.29 is 4.79 Å². The maximum Gasteiger partial charge on any atom is 0.241 e. The molecule has 1 aromatic rings. The summed E-state index contributed by atoms with van der Waals surface area (Å²) in [4.78, 5) is 18.0. The zero-order chi connectivity index (χ0) is 17.4. The van der Waals surface area contributed by atoms with Crippen LogP contribution in [0.4, 0.5) is 0 Å². The summed E-state index contributed by atoms with van der Waals surface area (Å²) in [6.07, 6.45) is 2.04. The Labute approximate surface area is 139 Å². The van der Waals surface area contributed by atoms with Crippen molar-refractivity contribution in [3.05, 3.63) is 17.5 Å². The number of nitrogens with one attached hydrogen (secondary N) is 2. The van der Waals surface area contributed by atoms with E-state index in [9.17, 15) is 4.79 Å². The zero-order valence-electron chi connectivity index (χ0n) is 15.2. The third-order valence-electron chi connectivity index (χ3n) is 3.33. The molecule has 0 saturated heterocycles. The van der Waals surface area contributed by atoms with E-state index in [4.69, 9.17) is 0 Å². The molecule has 0 aliphatic rings. The lowest BCUT2D eigenvalue weighted by Gasteiger charge is -2.22. The van der Waals surface area contributed by atoms with E-state index in [1.165, 1.54) is 5.56 Å². The molecule has 0 fully saturated rings. The number of likely N-dealkylation sites (N-methyl/N-ethyl adjacent to an activating group) is 1. The number of carbonyl (C=O) groups excluding carboxylic acids is 1. The molecule has 23 heavy (non-hydrogen) atoms. The van der Waals surface area contributed by atoms with Crippen molar-refractivity contribution in [2.45, 2.75) is 40.2 Å². The van der Waals surface area contributed by atoms with Crippen molar-refractivity contribution in [1.29, 1.82) is 0 Å². The average Bonchev–Trinajstić information content (AvgIpc) is 2.84. The second kappa shape index (κ2) is 9.17. The SMILES string of the molecule is CCNC(=O)CN=C(NCC)N(C)Cc1cn(C)nc1C(C)C. The molecule has 1 amide bonds. The Bertz CT molecular complexity index is 535. The largest absolute Gasteiger partial charge is 0.357 e. The molecule has 0 radical (unpaired) electrons. The highest BCUT2D eigenvalue weighted by molar-refractivity contribution is 5.84.